The first kappa shape index (κ1) is 15.0. The van der Waals surface area contributed by atoms with Gasteiger partial charge in [0.25, 0.3) is 0 Å². The molecule has 0 radical (unpaired) electrons. The molecule has 2 heterocycles. The molecule has 0 bridgehead atoms. The Labute approximate surface area is 125 Å². The number of hydrogen-bond acceptors (Lipinski definition) is 7. The summed E-state index contributed by atoms with van der Waals surface area (Å²) in [6.07, 6.45) is 3.40. The van der Waals surface area contributed by atoms with Crippen LogP contribution in [0.2, 0.25) is 0 Å². The largest absolute Gasteiger partial charge is 0.462 e. The minimum Gasteiger partial charge on any atom is -0.462 e. The molecule has 0 aliphatic carbocycles. The fourth-order valence-electron chi connectivity index (χ4n) is 1.79. The van der Waals surface area contributed by atoms with Gasteiger partial charge < -0.3 is 15.8 Å². The number of anilines is 2. The second-order valence-corrected chi connectivity index (χ2v) is 5.31. The predicted molar refractivity (Wildman–Crippen MR) is 80.6 cm³/mol. The second kappa shape index (κ2) is 6.40. The van der Waals surface area contributed by atoms with Crippen molar-refractivity contribution >= 4 is 33.8 Å². The van der Waals surface area contributed by atoms with E-state index in [0.717, 1.165) is 16.9 Å². The van der Waals surface area contributed by atoms with Crippen LogP contribution in [0.4, 0.5) is 10.7 Å². The number of ketones is 1. The molecule has 0 atom stereocenters. The van der Waals surface area contributed by atoms with Gasteiger partial charge in [0.15, 0.2) is 5.78 Å². The molecule has 0 saturated carbocycles. The van der Waals surface area contributed by atoms with Crippen molar-refractivity contribution in [1.29, 1.82) is 0 Å². The Morgan fingerprint density at radius 3 is 2.86 bits per heavy atom. The first-order valence-corrected chi connectivity index (χ1v) is 7.18. The molecule has 0 fully saturated rings. The Kier molecular flexibility index (Phi) is 4.59. The highest BCUT2D eigenvalue weighted by Gasteiger charge is 2.24. The van der Waals surface area contributed by atoms with E-state index in [1.807, 2.05) is 0 Å². The van der Waals surface area contributed by atoms with Gasteiger partial charge in [-0.25, -0.2) is 4.79 Å². The van der Waals surface area contributed by atoms with Crippen molar-refractivity contribution in [2.45, 2.75) is 20.4 Å². The van der Waals surface area contributed by atoms with Crippen LogP contribution in [0.25, 0.3) is 0 Å². The van der Waals surface area contributed by atoms with Gasteiger partial charge in [-0.2, -0.15) is 5.10 Å². The van der Waals surface area contributed by atoms with Crippen LogP contribution in [0, 0.1) is 0 Å². The summed E-state index contributed by atoms with van der Waals surface area (Å²) in [5.41, 5.74) is 7.22. The lowest BCUT2D eigenvalue weighted by Gasteiger charge is -2.06. The number of Topliss-reactive ketones (excluding diaryl/α,β-unsaturated/α-hetero) is 1. The molecule has 112 valence electrons. The smallest absolute Gasteiger partial charge is 0.343 e. The van der Waals surface area contributed by atoms with E-state index < -0.39 is 5.97 Å². The number of thiophene rings is 1. The maximum atomic E-state index is 12.0. The SMILES string of the molecule is CCOC(=O)c1c(NCc2cn[nH]c2)sc(C(C)=O)c1N. The highest BCUT2D eigenvalue weighted by molar-refractivity contribution is 7.19. The zero-order valence-corrected chi connectivity index (χ0v) is 12.5. The number of hydrogen-bond donors (Lipinski definition) is 3. The minimum atomic E-state index is -0.534. The summed E-state index contributed by atoms with van der Waals surface area (Å²) in [7, 11) is 0. The number of esters is 1. The minimum absolute atomic E-state index is 0.167. The molecule has 0 aliphatic heterocycles. The average Bonchev–Trinajstić information content (AvgIpc) is 3.04. The molecule has 0 aromatic carbocycles. The molecule has 2 aromatic heterocycles. The highest BCUT2D eigenvalue weighted by atomic mass is 32.1. The van der Waals surface area contributed by atoms with Crippen LogP contribution in [0.5, 0.6) is 0 Å². The number of rotatable bonds is 6. The number of nitrogen functional groups attached to an aromatic ring is 1. The van der Waals surface area contributed by atoms with Gasteiger partial charge in [-0.05, 0) is 6.92 Å². The Hall–Kier alpha value is -2.35. The number of nitrogens with zero attached hydrogens (tertiary/aromatic N) is 1. The van der Waals surface area contributed by atoms with Crippen LogP contribution in [0.15, 0.2) is 12.4 Å². The molecule has 0 saturated heterocycles. The Balaban J connectivity index is 2.31. The van der Waals surface area contributed by atoms with Gasteiger partial charge in [0.05, 0.1) is 23.4 Å². The third kappa shape index (κ3) is 3.22. The number of carbonyl (C=O) groups is 2. The van der Waals surface area contributed by atoms with E-state index in [4.69, 9.17) is 10.5 Å². The number of aromatic amines is 1. The van der Waals surface area contributed by atoms with E-state index in [2.05, 4.69) is 15.5 Å². The third-order valence-electron chi connectivity index (χ3n) is 2.75. The summed E-state index contributed by atoms with van der Waals surface area (Å²) in [4.78, 5) is 24.0. The summed E-state index contributed by atoms with van der Waals surface area (Å²) < 4.78 is 5.00. The Morgan fingerprint density at radius 2 is 2.29 bits per heavy atom. The molecule has 0 amide bonds. The van der Waals surface area contributed by atoms with Crippen molar-refractivity contribution in [3.63, 3.8) is 0 Å². The molecule has 0 aliphatic rings. The Morgan fingerprint density at radius 1 is 1.52 bits per heavy atom. The van der Waals surface area contributed by atoms with E-state index in [1.165, 1.54) is 6.92 Å². The fraction of sp³-hybridized carbons (Fsp3) is 0.308. The standard InChI is InChI=1S/C13H16N4O3S/c1-3-20-13(19)9-10(14)11(7(2)18)21-12(9)15-4-8-5-16-17-6-8/h5-6,15H,3-4,14H2,1-2H3,(H,16,17). The Bertz CT molecular complexity index is 649. The predicted octanol–water partition coefficient (Wildman–Crippen LogP) is 2.04. The third-order valence-corrected chi connectivity index (χ3v) is 4.02. The number of aromatic nitrogens is 2. The lowest BCUT2D eigenvalue weighted by molar-refractivity contribution is 0.0529. The molecular formula is C13H16N4O3S. The van der Waals surface area contributed by atoms with Crippen LogP contribution in [0.3, 0.4) is 0 Å². The van der Waals surface area contributed by atoms with E-state index in [1.54, 1.807) is 19.3 Å². The van der Waals surface area contributed by atoms with Gasteiger partial charge in [-0.3, -0.25) is 9.89 Å². The zero-order chi connectivity index (χ0) is 15.4. The van der Waals surface area contributed by atoms with Crippen LogP contribution >= 0.6 is 11.3 Å². The van der Waals surface area contributed by atoms with Gasteiger partial charge in [-0.1, -0.05) is 0 Å². The number of nitrogens with two attached hydrogens (primary N) is 1. The molecule has 7 nitrogen and oxygen atoms in total. The highest BCUT2D eigenvalue weighted by Crippen LogP contribution is 2.36. The second-order valence-electron chi connectivity index (χ2n) is 4.29. The quantitative estimate of drug-likeness (QED) is 0.556. The van der Waals surface area contributed by atoms with Crippen LogP contribution in [0.1, 0.15) is 39.4 Å². The summed E-state index contributed by atoms with van der Waals surface area (Å²) in [5.74, 6) is -0.715. The molecule has 4 N–H and O–H groups in total. The van der Waals surface area contributed by atoms with Crippen molar-refractivity contribution in [1.82, 2.24) is 10.2 Å². The molecule has 2 rings (SSSR count). The van der Waals surface area contributed by atoms with Gasteiger partial charge in [-0.15, -0.1) is 11.3 Å². The molecule has 8 heteroatoms. The van der Waals surface area contributed by atoms with Crippen molar-refractivity contribution in [3.8, 4) is 0 Å². The zero-order valence-electron chi connectivity index (χ0n) is 11.7. The first-order valence-electron chi connectivity index (χ1n) is 6.36. The van der Waals surface area contributed by atoms with Crippen LogP contribution in [-0.4, -0.2) is 28.6 Å². The number of carbonyl (C=O) groups excluding carboxylic acids is 2. The number of nitrogens with one attached hydrogen (secondary N) is 2. The van der Waals surface area contributed by atoms with Gasteiger partial charge in [0, 0.05) is 25.2 Å². The number of H-pyrrole nitrogens is 1. The summed E-state index contributed by atoms with van der Waals surface area (Å²) in [6.45, 7) is 3.83. The molecule has 2 aromatic rings. The molecular weight excluding hydrogens is 292 g/mol. The molecule has 21 heavy (non-hydrogen) atoms. The lowest BCUT2D eigenvalue weighted by atomic mass is 10.2. The van der Waals surface area contributed by atoms with E-state index in [-0.39, 0.29) is 23.6 Å². The van der Waals surface area contributed by atoms with E-state index >= 15 is 0 Å². The number of ether oxygens (including phenoxy) is 1. The van der Waals surface area contributed by atoms with Crippen molar-refractivity contribution in [3.05, 3.63) is 28.4 Å². The van der Waals surface area contributed by atoms with E-state index in [9.17, 15) is 9.59 Å². The monoisotopic (exact) mass is 308 g/mol. The van der Waals surface area contributed by atoms with Crippen molar-refractivity contribution in [2.75, 3.05) is 17.7 Å². The van der Waals surface area contributed by atoms with Gasteiger partial charge in [0.2, 0.25) is 0 Å². The summed E-state index contributed by atoms with van der Waals surface area (Å²) >= 11 is 1.15. The fourth-order valence-corrected chi connectivity index (χ4v) is 2.79. The summed E-state index contributed by atoms with van der Waals surface area (Å²) in [5, 5.41) is 10.2. The van der Waals surface area contributed by atoms with Gasteiger partial charge in [0.1, 0.15) is 10.6 Å². The molecule has 0 unspecified atom stereocenters. The van der Waals surface area contributed by atoms with E-state index in [0.29, 0.717) is 16.4 Å². The van der Waals surface area contributed by atoms with Crippen molar-refractivity contribution in [2.24, 2.45) is 0 Å². The summed E-state index contributed by atoms with van der Waals surface area (Å²) in [6, 6.07) is 0. The van der Waals surface area contributed by atoms with Gasteiger partial charge >= 0.3 is 5.97 Å². The van der Waals surface area contributed by atoms with Crippen LogP contribution < -0.4 is 11.1 Å². The lowest BCUT2D eigenvalue weighted by Crippen LogP contribution is -2.10. The normalized spacial score (nSPS) is 10.4. The van der Waals surface area contributed by atoms with Crippen LogP contribution in [-0.2, 0) is 11.3 Å². The topological polar surface area (TPSA) is 110 Å². The maximum Gasteiger partial charge on any atom is 0.343 e. The van der Waals surface area contributed by atoms with Crippen molar-refractivity contribution < 1.29 is 14.3 Å². The maximum absolute atomic E-state index is 12.0. The first-order chi connectivity index (χ1) is 10.0. The average molecular weight is 308 g/mol. The molecule has 0 spiro atoms.